The molecule has 2 N–H and O–H groups in total. The van der Waals surface area contributed by atoms with Gasteiger partial charge in [0.15, 0.2) is 0 Å². The highest BCUT2D eigenvalue weighted by molar-refractivity contribution is 5.64. The third-order valence-corrected chi connectivity index (χ3v) is 3.08. The number of ether oxygens (including phenoxy) is 1. The van der Waals surface area contributed by atoms with Crippen LogP contribution in [-0.2, 0) is 11.3 Å². The predicted octanol–water partition coefficient (Wildman–Crippen LogP) is 1.65. The van der Waals surface area contributed by atoms with E-state index in [1.165, 1.54) is 29.9 Å². The number of hydrogen-bond donors (Lipinski definition) is 1. The monoisotopic (exact) mass is 289 g/mol. The number of methoxy groups -OCH3 is 1. The first-order valence-electron chi connectivity index (χ1n) is 6.27. The highest BCUT2D eigenvalue weighted by Crippen LogP contribution is 2.23. The number of benzene rings is 1. The summed E-state index contributed by atoms with van der Waals surface area (Å²) in [6, 6.07) is 9.29. The SMILES string of the molecule is COCCn1c(-c2cccc([N+](=O)[O-])c2)ccc(N)c1=O. The molecule has 0 fully saturated rings. The lowest BCUT2D eigenvalue weighted by Gasteiger charge is -2.13. The van der Waals surface area contributed by atoms with Crippen LogP contribution in [0, 0.1) is 10.1 Å². The average Bonchev–Trinajstić information content (AvgIpc) is 2.49. The zero-order valence-electron chi connectivity index (χ0n) is 11.5. The van der Waals surface area contributed by atoms with Crippen molar-refractivity contribution in [3.8, 4) is 11.3 Å². The van der Waals surface area contributed by atoms with Gasteiger partial charge in [0.2, 0.25) is 0 Å². The molecule has 7 nitrogen and oxygen atoms in total. The maximum absolute atomic E-state index is 12.1. The minimum absolute atomic E-state index is 0.0323. The summed E-state index contributed by atoms with van der Waals surface area (Å²) in [7, 11) is 1.53. The zero-order chi connectivity index (χ0) is 15.4. The van der Waals surface area contributed by atoms with E-state index < -0.39 is 4.92 Å². The summed E-state index contributed by atoms with van der Waals surface area (Å²) in [5.74, 6) is 0. The number of non-ortho nitro benzene ring substituents is 1. The van der Waals surface area contributed by atoms with E-state index in [2.05, 4.69) is 0 Å². The molecule has 0 aliphatic heterocycles. The first-order chi connectivity index (χ1) is 10.0. The van der Waals surface area contributed by atoms with Gasteiger partial charge in [0.1, 0.15) is 0 Å². The molecule has 0 amide bonds. The lowest BCUT2D eigenvalue weighted by atomic mass is 10.1. The molecule has 1 aromatic heterocycles. The fraction of sp³-hybridized carbons (Fsp3) is 0.214. The van der Waals surface area contributed by atoms with Gasteiger partial charge in [0, 0.05) is 31.4 Å². The maximum Gasteiger partial charge on any atom is 0.274 e. The summed E-state index contributed by atoms with van der Waals surface area (Å²) in [5.41, 5.74) is 6.54. The first-order valence-corrected chi connectivity index (χ1v) is 6.27. The third kappa shape index (κ3) is 3.09. The molecule has 2 rings (SSSR count). The van der Waals surface area contributed by atoms with Crippen LogP contribution in [0.2, 0.25) is 0 Å². The Balaban J connectivity index is 2.57. The first kappa shape index (κ1) is 14.7. The zero-order valence-corrected chi connectivity index (χ0v) is 11.5. The number of nitrogen functional groups attached to an aromatic ring is 1. The Bertz CT molecular complexity index is 724. The number of nitrogens with zero attached hydrogens (tertiary/aromatic N) is 2. The van der Waals surface area contributed by atoms with Crippen LogP contribution in [-0.4, -0.2) is 23.2 Å². The van der Waals surface area contributed by atoms with E-state index in [9.17, 15) is 14.9 Å². The standard InChI is InChI=1S/C14H15N3O4/c1-21-8-7-16-13(6-5-12(15)14(16)18)10-3-2-4-11(9-10)17(19)20/h2-6,9H,7-8,15H2,1H3. The summed E-state index contributed by atoms with van der Waals surface area (Å²) in [5, 5.41) is 10.9. The predicted molar refractivity (Wildman–Crippen MR) is 79.1 cm³/mol. The van der Waals surface area contributed by atoms with E-state index in [4.69, 9.17) is 10.5 Å². The average molecular weight is 289 g/mol. The molecule has 0 aliphatic carbocycles. The van der Waals surface area contributed by atoms with Gasteiger partial charge in [-0.25, -0.2) is 0 Å². The highest BCUT2D eigenvalue weighted by Gasteiger charge is 2.12. The van der Waals surface area contributed by atoms with Crippen LogP contribution in [0.25, 0.3) is 11.3 Å². The van der Waals surface area contributed by atoms with Crippen molar-refractivity contribution < 1.29 is 9.66 Å². The Morgan fingerprint density at radius 1 is 1.33 bits per heavy atom. The molecule has 0 radical (unpaired) electrons. The van der Waals surface area contributed by atoms with Crippen molar-refractivity contribution in [2.24, 2.45) is 0 Å². The molecule has 21 heavy (non-hydrogen) atoms. The van der Waals surface area contributed by atoms with Crippen LogP contribution in [0.3, 0.4) is 0 Å². The fourth-order valence-electron chi connectivity index (χ4n) is 2.03. The Labute approximate surface area is 120 Å². The number of nitrogens with two attached hydrogens (primary N) is 1. The van der Waals surface area contributed by atoms with Crippen LogP contribution in [0.1, 0.15) is 0 Å². The van der Waals surface area contributed by atoms with E-state index in [0.717, 1.165) is 0 Å². The quantitative estimate of drug-likeness (QED) is 0.666. The molecule has 0 atom stereocenters. The van der Waals surface area contributed by atoms with E-state index in [-0.39, 0.29) is 16.9 Å². The summed E-state index contributed by atoms with van der Waals surface area (Å²) >= 11 is 0. The van der Waals surface area contributed by atoms with Gasteiger partial charge in [0.25, 0.3) is 11.2 Å². The number of nitro groups is 1. The van der Waals surface area contributed by atoms with Gasteiger partial charge in [-0.1, -0.05) is 12.1 Å². The third-order valence-electron chi connectivity index (χ3n) is 3.08. The van der Waals surface area contributed by atoms with Gasteiger partial charge < -0.3 is 15.0 Å². The number of aromatic nitrogens is 1. The summed E-state index contributed by atoms with van der Waals surface area (Å²) in [4.78, 5) is 22.5. The number of rotatable bonds is 5. The Morgan fingerprint density at radius 2 is 2.10 bits per heavy atom. The van der Waals surface area contributed by atoms with E-state index in [0.29, 0.717) is 24.4 Å². The van der Waals surface area contributed by atoms with Crippen molar-refractivity contribution in [3.63, 3.8) is 0 Å². The number of hydrogen-bond acceptors (Lipinski definition) is 5. The fourth-order valence-corrected chi connectivity index (χ4v) is 2.03. The second-order valence-corrected chi connectivity index (χ2v) is 4.43. The van der Waals surface area contributed by atoms with Crippen LogP contribution in [0.15, 0.2) is 41.2 Å². The topological polar surface area (TPSA) is 100 Å². The molecule has 0 aliphatic rings. The number of nitro benzene ring substituents is 1. The molecule has 0 saturated heterocycles. The van der Waals surface area contributed by atoms with Gasteiger partial charge in [0.05, 0.1) is 22.9 Å². The summed E-state index contributed by atoms with van der Waals surface area (Å²) < 4.78 is 6.44. The van der Waals surface area contributed by atoms with Crippen molar-refractivity contribution in [2.75, 3.05) is 19.5 Å². The molecule has 0 bridgehead atoms. The van der Waals surface area contributed by atoms with Gasteiger partial charge in [-0.3, -0.25) is 14.9 Å². The van der Waals surface area contributed by atoms with Gasteiger partial charge in [-0.15, -0.1) is 0 Å². The summed E-state index contributed by atoms with van der Waals surface area (Å²) in [6.07, 6.45) is 0. The Kier molecular flexibility index (Phi) is 4.34. The van der Waals surface area contributed by atoms with Crippen molar-refractivity contribution in [1.29, 1.82) is 0 Å². The largest absolute Gasteiger partial charge is 0.394 e. The van der Waals surface area contributed by atoms with Gasteiger partial charge in [-0.05, 0) is 12.1 Å². The molecule has 0 unspecified atom stereocenters. The number of pyridine rings is 1. The van der Waals surface area contributed by atoms with Crippen LogP contribution in [0.5, 0.6) is 0 Å². The minimum atomic E-state index is -0.474. The van der Waals surface area contributed by atoms with E-state index in [1.54, 1.807) is 18.2 Å². The molecule has 0 saturated carbocycles. The minimum Gasteiger partial charge on any atom is -0.394 e. The van der Waals surface area contributed by atoms with Crippen molar-refractivity contribution in [1.82, 2.24) is 4.57 Å². The van der Waals surface area contributed by atoms with Crippen molar-refractivity contribution >= 4 is 11.4 Å². The molecule has 1 aromatic carbocycles. The molecule has 110 valence electrons. The molecular formula is C14H15N3O4. The van der Waals surface area contributed by atoms with E-state index in [1.807, 2.05) is 0 Å². The number of anilines is 1. The second kappa shape index (κ2) is 6.19. The van der Waals surface area contributed by atoms with Gasteiger partial charge in [-0.2, -0.15) is 0 Å². The molecule has 0 spiro atoms. The maximum atomic E-state index is 12.1. The van der Waals surface area contributed by atoms with Crippen LogP contribution in [0.4, 0.5) is 11.4 Å². The van der Waals surface area contributed by atoms with Gasteiger partial charge >= 0.3 is 0 Å². The molecule has 1 heterocycles. The Hall–Kier alpha value is -2.67. The summed E-state index contributed by atoms with van der Waals surface area (Å²) in [6.45, 7) is 0.656. The van der Waals surface area contributed by atoms with Crippen LogP contribution < -0.4 is 11.3 Å². The second-order valence-electron chi connectivity index (χ2n) is 4.43. The Morgan fingerprint density at radius 3 is 2.76 bits per heavy atom. The van der Waals surface area contributed by atoms with E-state index >= 15 is 0 Å². The van der Waals surface area contributed by atoms with Crippen molar-refractivity contribution in [3.05, 3.63) is 56.9 Å². The highest BCUT2D eigenvalue weighted by atomic mass is 16.6. The lowest BCUT2D eigenvalue weighted by Crippen LogP contribution is -2.25. The van der Waals surface area contributed by atoms with Crippen molar-refractivity contribution in [2.45, 2.75) is 6.54 Å². The van der Waals surface area contributed by atoms with Crippen LogP contribution >= 0.6 is 0 Å². The molecule has 7 heteroatoms. The normalized spacial score (nSPS) is 10.5. The lowest BCUT2D eigenvalue weighted by molar-refractivity contribution is -0.384. The smallest absolute Gasteiger partial charge is 0.274 e. The molecular weight excluding hydrogens is 274 g/mol. The molecule has 2 aromatic rings.